The van der Waals surface area contributed by atoms with Crippen molar-refractivity contribution < 1.29 is 19.4 Å². The third-order valence-electron chi connectivity index (χ3n) is 9.11. The third-order valence-corrected chi connectivity index (χ3v) is 10.2. The van der Waals surface area contributed by atoms with Crippen LogP contribution < -0.4 is 4.74 Å². The van der Waals surface area contributed by atoms with Gasteiger partial charge >= 0.3 is 5.97 Å². The summed E-state index contributed by atoms with van der Waals surface area (Å²) in [7, 11) is 1.98. The van der Waals surface area contributed by atoms with E-state index in [0.29, 0.717) is 18.1 Å². The second-order valence-corrected chi connectivity index (χ2v) is 14.5. The lowest BCUT2D eigenvalue weighted by Gasteiger charge is -2.28. The Hall–Kier alpha value is -4.27. The van der Waals surface area contributed by atoms with E-state index in [-0.39, 0.29) is 5.92 Å². The van der Waals surface area contributed by atoms with E-state index in [4.69, 9.17) is 14.5 Å². The molecule has 2 aromatic heterocycles. The van der Waals surface area contributed by atoms with Crippen LogP contribution in [-0.2, 0) is 23.0 Å². The van der Waals surface area contributed by atoms with Gasteiger partial charge in [-0.25, -0.2) is 9.78 Å². The summed E-state index contributed by atoms with van der Waals surface area (Å²) < 4.78 is 15.1. The quantitative estimate of drug-likeness (QED) is 0.201. The highest BCUT2D eigenvalue weighted by Gasteiger charge is 2.33. The molecule has 1 aliphatic heterocycles. The van der Waals surface area contributed by atoms with Gasteiger partial charge in [-0.2, -0.15) is 5.10 Å². The van der Waals surface area contributed by atoms with Gasteiger partial charge in [0.25, 0.3) is 0 Å². The number of benzene rings is 3. The lowest BCUT2D eigenvalue weighted by atomic mass is 9.79. The zero-order chi connectivity index (χ0) is 32.3. The van der Waals surface area contributed by atoms with Crippen LogP contribution in [0.1, 0.15) is 85.6 Å². The van der Waals surface area contributed by atoms with Gasteiger partial charge in [0, 0.05) is 35.2 Å². The number of rotatable bonds is 6. The molecule has 0 spiro atoms. The Bertz CT molecular complexity index is 2010. The second-order valence-electron chi connectivity index (χ2n) is 13.5. The molecule has 2 unspecified atom stereocenters. The first-order chi connectivity index (χ1) is 22.0. The Kier molecular flexibility index (Phi) is 7.60. The number of thiazole rings is 1. The second kappa shape index (κ2) is 11.5. The molecule has 7 nitrogen and oxygen atoms in total. The fraction of sp³-hybridized carbons (Fsp3) is 0.342. The van der Waals surface area contributed by atoms with E-state index in [1.165, 1.54) is 11.1 Å². The van der Waals surface area contributed by atoms with Crippen LogP contribution in [0.3, 0.4) is 0 Å². The first-order valence-electron chi connectivity index (χ1n) is 15.9. The zero-order valence-corrected chi connectivity index (χ0v) is 27.9. The number of hydrogen-bond donors (Lipinski definition) is 1. The van der Waals surface area contributed by atoms with Gasteiger partial charge in [0.1, 0.15) is 10.8 Å². The van der Waals surface area contributed by atoms with E-state index in [9.17, 15) is 9.90 Å². The van der Waals surface area contributed by atoms with Crippen molar-refractivity contribution in [1.82, 2.24) is 14.8 Å². The molecule has 2 aliphatic rings. The summed E-state index contributed by atoms with van der Waals surface area (Å²) in [6.45, 7) is 10.6. The molecule has 0 radical (unpaired) electrons. The van der Waals surface area contributed by atoms with E-state index in [0.717, 1.165) is 67.3 Å². The normalized spacial score (nSPS) is 18.2. The molecule has 1 N–H and O–H groups in total. The Balaban J connectivity index is 1.38. The largest absolute Gasteiger partial charge is 0.493 e. The van der Waals surface area contributed by atoms with Crippen molar-refractivity contribution >= 4 is 33.6 Å². The number of aryl methyl sites for hydroxylation is 3. The van der Waals surface area contributed by atoms with Crippen LogP contribution in [0, 0.1) is 6.92 Å². The van der Waals surface area contributed by atoms with Gasteiger partial charge in [-0.1, -0.05) is 37.3 Å². The Labute approximate surface area is 273 Å². The summed E-state index contributed by atoms with van der Waals surface area (Å²) >= 11 is 1.61. The summed E-state index contributed by atoms with van der Waals surface area (Å²) in [5.41, 5.74) is 9.35. The van der Waals surface area contributed by atoms with Crippen LogP contribution in [0.5, 0.6) is 5.75 Å². The molecule has 0 fully saturated rings. The molecule has 5 aromatic rings. The van der Waals surface area contributed by atoms with Gasteiger partial charge in [0.05, 0.1) is 34.3 Å². The predicted octanol–water partition coefficient (Wildman–Crippen LogP) is 8.85. The van der Waals surface area contributed by atoms with E-state index in [2.05, 4.69) is 54.5 Å². The average molecular weight is 634 g/mol. The Morgan fingerprint density at radius 1 is 1.15 bits per heavy atom. The van der Waals surface area contributed by atoms with Crippen molar-refractivity contribution in [1.29, 1.82) is 0 Å². The van der Waals surface area contributed by atoms with Crippen molar-refractivity contribution in [3.8, 4) is 27.4 Å². The van der Waals surface area contributed by atoms with Crippen molar-refractivity contribution in [3.63, 3.8) is 0 Å². The number of aliphatic carboxylic acids is 1. The van der Waals surface area contributed by atoms with E-state index >= 15 is 0 Å². The topological polar surface area (TPSA) is 86.5 Å². The van der Waals surface area contributed by atoms with Crippen LogP contribution >= 0.6 is 11.3 Å². The number of carboxylic acids is 1. The van der Waals surface area contributed by atoms with Gasteiger partial charge < -0.3 is 14.6 Å². The molecular weight excluding hydrogens is 595 g/mol. The lowest BCUT2D eigenvalue weighted by molar-refractivity contribution is -0.160. The van der Waals surface area contributed by atoms with Crippen molar-refractivity contribution in [3.05, 3.63) is 94.3 Å². The van der Waals surface area contributed by atoms with Gasteiger partial charge in [-0.3, -0.25) is 4.68 Å². The number of nitrogens with zero attached hydrogens (tertiary/aromatic N) is 3. The first kappa shape index (κ1) is 30.4. The lowest BCUT2D eigenvalue weighted by Crippen LogP contribution is -2.28. The number of allylic oxidation sites excluding steroid dienone is 1. The van der Waals surface area contributed by atoms with Gasteiger partial charge in [-0.15, -0.1) is 11.3 Å². The zero-order valence-electron chi connectivity index (χ0n) is 27.1. The first-order valence-corrected chi connectivity index (χ1v) is 16.7. The van der Waals surface area contributed by atoms with Crippen LogP contribution in [-0.4, -0.2) is 38.0 Å². The molecule has 8 heteroatoms. The van der Waals surface area contributed by atoms with Crippen LogP contribution in [0.2, 0.25) is 0 Å². The number of ether oxygens (including phenoxy) is 2. The van der Waals surface area contributed by atoms with Gasteiger partial charge in [-0.05, 0) is 99.0 Å². The molecule has 3 atom stereocenters. The fourth-order valence-corrected chi connectivity index (χ4v) is 8.04. The summed E-state index contributed by atoms with van der Waals surface area (Å²) in [6.07, 6.45) is 7.17. The smallest absolute Gasteiger partial charge is 0.337 e. The molecular formula is C38H39N3O4S. The van der Waals surface area contributed by atoms with Crippen molar-refractivity contribution in [2.45, 2.75) is 71.0 Å². The molecule has 0 amide bonds. The minimum atomic E-state index is -1.14. The minimum absolute atomic E-state index is 0.221. The molecule has 0 saturated carbocycles. The van der Waals surface area contributed by atoms with Crippen molar-refractivity contribution in [2.75, 3.05) is 6.61 Å². The molecule has 0 saturated heterocycles. The van der Waals surface area contributed by atoms with Crippen LogP contribution in [0.15, 0.2) is 60.8 Å². The maximum Gasteiger partial charge on any atom is 0.337 e. The van der Waals surface area contributed by atoms with E-state index in [1.54, 1.807) is 11.3 Å². The van der Waals surface area contributed by atoms with E-state index < -0.39 is 17.7 Å². The molecule has 3 aromatic carbocycles. The van der Waals surface area contributed by atoms with Gasteiger partial charge in [0.15, 0.2) is 6.10 Å². The molecule has 7 rings (SSSR count). The number of carboxylic acid groups (broad SMARTS) is 1. The minimum Gasteiger partial charge on any atom is -0.493 e. The molecule has 0 bridgehead atoms. The number of hydrogen-bond acceptors (Lipinski definition) is 6. The maximum atomic E-state index is 12.8. The predicted molar refractivity (Wildman–Crippen MR) is 184 cm³/mol. The number of fused-ring (bicyclic) bond motifs is 3. The summed E-state index contributed by atoms with van der Waals surface area (Å²) in [5.74, 6) is 0.398. The Morgan fingerprint density at radius 2 is 1.98 bits per heavy atom. The molecule has 236 valence electrons. The maximum absolute atomic E-state index is 12.8. The van der Waals surface area contributed by atoms with Crippen LogP contribution in [0.25, 0.3) is 38.0 Å². The van der Waals surface area contributed by atoms with E-state index in [1.807, 2.05) is 63.8 Å². The highest BCUT2D eigenvalue weighted by Crippen LogP contribution is 2.46. The number of carbonyl (C=O) groups is 1. The highest BCUT2D eigenvalue weighted by atomic mass is 32.1. The summed E-state index contributed by atoms with van der Waals surface area (Å²) in [6, 6.07) is 16.9. The average Bonchev–Trinajstić information content (AvgIpc) is 3.62. The third kappa shape index (κ3) is 5.43. The van der Waals surface area contributed by atoms with Crippen LogP contribution in [0.4, 0.5) is 0 Å². The van der Waals surface area contributed by atoms with Gasteiger partial charge in [0.2, 0.25) is 0 Å². The standard InChI is InChI=1S/C38H39N3O4S/c1-21-17-29-35(33(32(21)34(37(42)43)45-38(3,4)5)25-12-15-31-24(19-25)11-8-16-44-31)46-36(40-29)26-10-7-9-23(18-26)27-13-14-30-28(22(27)2)20-39-41(30)6/h7,9-10,12-15,17-20,22,27,34H,8,11,16H2,1-6H3,(H,42,43)/t22?,27?,34-/m0/s1. The Morgan fingerprint density at radius 3 is 2.76 bits per heavy atom. The molecule has 3 heterocycles. The number of aromatic nitrogens is 3. The monoisotopic (exact) mass is 633 g/mol. The molecule has 1 aliphatic carbocycles. The highest BCUT2D eigenvalue weighted by molar-refractivity contribution is 7.22. The summed E-state index contributed by atoms with van der Waals surface area (Å²) in [5, 5.41) is 15.9. The SMILES string of the molecule is Cc1cc2nc(-c3cccc(C4C=Cc5c(cnn5C)C4C)c3)sc2c(-c2ccc3c(c2)CCCO3)c1[C@H](OC(C)(C)C)C(=O)O. The molecule has 46 heavy (non-hydrogen) atoms. The fourth-order valence-electron chi connectivity index (χ4n) is 6.91. The van der Waals surface area contributed by atoms with Crippen molar-refractivity contribution in [2.24, 2.45) is 7.05 Å². The summed E-state index contributed by atoms with van der Waals surface area (Å²) in [4.78, 5) is 18.0.